The van der Waals surface area contributed by atoms with Crippen LogP contribution in [0, 0.1) is 10.8 Å². The van der Waals surface area contributed by atoms with Crippen LogP contribution in [0.25, 0.3) is 0 Å². The maximum Gasteiger partial charge on any atom is 0.410 e. The molecule has 23 heavy (non-hydrogen) atoms. The molecule has 2 rings (SSSR count). The van der Waals surface area contributed by atoms with Crippen molar-refractivity contribution in [1.82, 2.24) is 4.90 Å². The second-order valence-electron chi connectivity index (χ2n) is 9.10. The first-order chi connectivity index (χ1) is 10.3. The molecule has 1 amide bonds. The third kappa shape index (κ3) is 3.95. The van der Waals surface area contributed by atoms with E-state index in [9.17, 15) is 13.6 Å². The van der Waals surface area contributed by atoms with Gasteiger partial charge in [0.05, 0.1) is 0 Å². The van der Waals surface area contributed by atoms with Crippen LogP contribution in [0.15, 0.2) is 0 Å². The largest absolute Gasteiger partial charge is 0.444 e. The number of piperidine rings is 1. The Bertz CT molecular complexity index is 464. The van der Waals surface area contributed by atoms with E-state index in [1.807, 2.05) is 20.8 Å². The quantitative estimate of drug-likeness (QED) is 0.837. The van der Waals surface area contributed by atoms with Crippen LogP contribution in [0.5, 0.6) is 0 Å². The van der Waals surface area contributed by atoms with E-state index in [0.717, 1.165) is 6.42 Å². The number of carbonyl (C=O) groups is 1. The van der Waals surface area contributed by atoms with Crippen molar-refractivity contribution in [2.75, 3.05) is 13.1 Å². The van der Waals surface area contributed by atoms with Crippen LogP contribution in [0.3, 0.4) is 0 Å². The van der Waals surface area contributed by atoms with Crippen LogP contribution in [0.1, 0.15) is 60.3 Å². The minimum Gasteiger partial charge on any atom is -0.444 e. The number of nitrogens with zero attached hydrogens (tertiary/aromatic N) is 1. The van der Waals surface area contributed by atoms with Crippen LogP contribution in [-0.2, 0) is 4.74 Å². The molecule has 0 aromatic rings. The van der Waals surface area contributed by atoms with Crippen molar-refractivity contribution in [3.63, 3.8) is 0 Å². The number of hydrogen-bond acceptors (Lipinski definition) is 3. The number of halogens is 2. The molecule has 1 aliphatic carbocycles. The summed E-state index contributed by atoms with van der Waals surface area (Å²) in [6.07, 6.45) is 0.698. The zero-order valence-electron chi connectivity index (χ0n) is 14.9. The Labute approximate surface area is 137 Å². The lowest BCUT2D eigenvalue weighted by atomic mass is 9.58. The number of likely N-dealkylation sites (tertiary alicyclic amines) is 1. The number of rotatable bonds is 2. The molecule has 1 saturated heterocycles. The van der Waals surface area contributed by atoms with Gasteiger partial charge in [-0.25, -0.2) is 13.6 Å². The van der Waals surface area contributed by atoms with Crippen LogP contribution in [0.2, 0.25) is 0 Å². The molecule has 0 radical (unpaired) electrons. The number of ether oxygens (including phenoxy) is 1. The highest BCUT2D eigenvalue weighted by Crippen LogP contribution is 2.57. The van der Waals surface area contributed by atoms with Crippen molar-refractivity contribution in [2.24, 2.45) is 16.6 Å². The van der Waals surface area contributed by atoms with Gasteiger partial charge in [0.25, 0.3) is 0 Å². The first kappa shape index (κ1) is 18.4. The molecule has 1 aliphatic heterocycles. The predicted molar refractivity (Wildman–Crippen MR) is 85.4 cm³/mol. The molecule has 1 heterocycles. The monoisotopic (exact) mass is 332 g/mol. The van der Waals surface area contributed by atoms with Gasteiger partial charge >= 0.3 is 6.09 Å². The highest BCUT2D eigenvalue weighted by Gasteiger charge is 2.62. The number of alkyl halides is 2. The molecule has 134 valence electrons. The molecular formula is C17H30F2N2O2. The fourth-order valence-electron chi connectivity index (χ4n) is 3.98. The van der Waals surface area contributed by atoms with Gasteiger partial charge < -0.3 is 15.4 Å². The summed E-state index contributed by atoms with van der Waals surface area (Å²) >= 11 is 0. The maximum absolute atomic E-state index is 13.5. The van der Waals surface area contributed by atoms with Gasteiger partial charge in [-0.2, -0.15) is 0 Å². The minimum absolute atomic E-state index is 0.0462. The third-order valence-corrected chi connectivity index (χ3v) is 5.03. The number of carbonyl (C=O) groups excluding carboxylic acids is 1. The maximum atomic E-state index is 13.5. The Balaban J connectivity index is 2.24. The molecule has 1 atom stereocenters. The highest BCUT2D eigenvalue weighted by molar-refractivity contribution is 5.69. The third-order valence-electron chi connectivity index (χ3n) is 5.03. The Hall–Kier alpha value is -0.910. The zero-order chi connectivity index (χ0) is 17.7. The summed E-state index contributed by atoms with van der Waals surface area (Å²) in [5.74, 6) is -2.66. The lowest BCUT2D eigenvalue weighted by Gasteiger charge is -2.57. The first-order valence-corrected chi connectivity index (χ1v) is 8.37. The van der Waals surface area contributed by atoms with Gasteiger partial charge in [-0.05, 0) is 39.0 Å². The predicted octanol–water partition coefficient (Wildman–Crippen LogP) is 3.79. The van der Waals surface area contributed by atoms with E-state index in [0.29, 0.717) is 13.0 Å². The second-order valence-corrected chi connectivity index (χ2v) is 9.10. The molecule has 0 aromatic heterocycles. The highest BCUT2D eigenvalue weighted by atomic mass is 19.3. The van der Waals surface area contributed by atoms with E-state index in [2.05, 4.69) is 13.8 Å². The number of amides is 1. The Kier molecular flexibility index (Phi) is 4.46. The smallest absolute Gasteiger partial charge is 0.410 e. The van der Waals surface area contributed by atoms with Crippen molar-refractivity contribution in [3.8, 4) is 0 Å². The molecule has 2 N–H and O–H groups in total. The van der Waals surface area contributed by atoms with Crippen molar-refractivity contribution in [1.29, 1.82) is 0 Å². The standard InChI is InChI=1S/C17H30F2N2O2/c1-14(2,3)23-13(22)21-11-15(4,5)7-6-12(21)16(10-20)8-17(18,19)9-16/h12H,6-11,20H2,1-5H3. The van der Waals surface area contributed by atoms with Gasteiger partial charge in [0.2, 0.25) is 5.92 Å². The van der Waals surface area contributed by atoms with Gasteiger partial charge in [-0.1, -0.05) is 13.8 Å². The van der Waals surface area contributed by atoms with Crippen LogP contribution in [-0.4, -0.2) is 41.6 Å². The van der Waals surface area contributed by atoms with E-state index in [-0.39, 0.29) is 30.8 Å². The first-order valence-electron chi connectivity index (χ1n) is 8.37. The lowest BCUT2D eigenvalue weighted by molar-refractivity contribution is -0.190. The molecule has 4 nitrogen and oxygen atoms in total. The second kappa shape index (κ2) is 5.57. The molecule has 6 heteroatoms. The van der Waals surface area contributed by atoms with Gasteiger partial charge in [-0.3, -0.25) is 0 Å². The normalized spacial score (nSPS) is 28.9. The summed E-state index contributed by atoms with van der Waals surface area (Å²) < 4.78 is 32.6. The molecule has 0 aromatic carbocycles. The Morgan fingerprint density at radius 1 is 1.30 bits per heavy atom. The van der Waals surface area contributed by atoms with E-state index in [4.69, 9.17) is 10.5 Å². The van der Waals surface area contributed by atoms with E-state index in [1.165, 1.54) is 0 Å². The summed E-state index contributed by atoms with van der Waals surface area (Å²) in [5.41, 5.74) is 4.53. The summed E-state index contributed by atoms with van der Waals surface area (Å²) in [5, 5.41) is 0. The summed E-state index contributed by atoms with van der Waals surface area (Å²) in [6.45, 7) is 10.3. The number of hydrogen-bond donors (Lipinski definition) is 1. The molecule has 0 spiro atoms. The lowest BCUT2D eigenvalue weighted by Crippen LogP contribution is -2.65. The van der Waals surface area contributed by atoms with E-state index >= 15 is 0 Å². The fourth-order valence-corrected chi connectivity index (χ4v) is 3.98. The van der Waals surface area contributed by atoms with Crippen molar-refractivity contribution in [2.45, 2.75) is 77.9 Å². The molecule has 1 saturated carbocycles. The Morgan fingerprint density at radius 3 is 2.30 bits per heavy atom. The van der Waals surface area contributed by atoms with Crippen LogP contribution < -0.4 is 5.73 Å². The molecule has 1 unspecified atom stereocenters. The molecule has 2 fully saturated rings. The average Bonchev–Trinajstić information content (AvgIpc) is 2.32. The molecule has 2 aliphatic rings. The van der Waals surface area contributed by atoms with Crippen LogP contribution in [0.4, 0.5) is 13.6 Å². The van der Waals surface area contributed by atoms with E-state index < -0.39 is 23.0 Å². The van der Waals surface area contributed by atoms with Gasteiger partial charge in [0.15, 0.2) is 0 Å². The fraction of sp³-hybridized carbons (Fsp3) is 0.941. The SMILES string of the molecule is CC1(C)CCC(C2(CN)CC(F)(F)C2)N(C(=O)OC(C)(C)C)C1. The Morgan fingerprint density at radius 2 is 1.87 bits per heavy atom. The van der Waals surface area contributed by atoms with Gasteiger partial charge in [-0.15, -0.1) is 0 Å². The van der Waals surface area contributed by atoms with Crippen molar-refractivity contribution >= 4 is 6.09 Å². The molecular weight excluding hydrogens is 302 g/mol. The minimum atomic E-state index is -2.66. The van der Waals surface area contributed by atoms with E-state index in [1.54, 1.807) is 4.90 Å². The van der Waals surface area contributed by atoms with Crippen molar-refractivity contribution < 1.29 is 18.3 Å². The van der Waals surface area contributed by atoms with Crippen LogP contribution >= 0.6 is 0 Å². The zero-order valence-corrected chi connectivity index (χ0v) is 14.9. The topological polar surface area (TPSA) is 55.6 Å². The van der Waals surface area contributed by atoms with Crippen molar-refractivity contribution in [3.05, 3.63) is 0 Å². The summed E-state index contributed by atoms with van der Waals surface area (Å²) in [4.78, 5) is 14.3. The summed E-state index contributed by atoms with van der Waals surface area (Å²) in [7, 11) is 0. The average molecular weight is 332 g/mol. The molecule has 0 bridgehead atoms. The van der Waals surface area contributed by atoms with Gasteiger partial charge in [0, 0.05) is 37.4 Å². The summed E-state index contributed by atoms with van der Waals surface area (Å²) in [6, 6.07) is -0.269. The number of nitrogens with two attached hydrogens (primary N) is 1. The van der Waals surface area contributed by atoms with Gasteiger partial charge in [0.1, 0.15) is 5.60 Å².